The van der Waals surface area contributed by atoms with Gasteiger partial charge in [0, 0.05) is 56.1 Å². The van der Waals surface area contributed by atoms with Crippen molar-refractivity contribution in [3.63, 3.8) is 0 Å². The summed E-state index contributed by atoms with van der Waals surface area (Å²) >= 11 is 6.12. The van der Waals surface area contributed by atoms with E-state index >= 15 is 0 Å². The maximum absolute atomic E-state index is 13.3. The Labute approximate surface area is 199 Å². The maximum Gasteiger partial charge on any atom is 0.276 e. The first-order valence-electron chi connectivity index (χ1n) is 11.4. The Morgan fingerprint density at radius 2 is 1.97 bits per heavy atom. The van der Waals surface area contributed by atoms with Crippen LogP contribution in [0.2, 0.25) is 5.02 Å². The zero-order valence-electron chi connectivity index (χ0n) is 19.3. The average Bonchev–Trinajstić information content (AvgIpc) is 3.24. The van der Waals surface area contributed by atoms with E-state index in [9.17, 15) is 9.59 Å². The molecule has 178 valence electrons. The predicted molar refractivity (Wildman–Crippen MR) is 124 cm³/mol. The minimum atomic E-state index is -0.492. The second-order valence-electron chi connectivity index (χ2n) is 9.19. The zero-order valence-corrected chi connectivity index (χ0v) is 20.0. The lowest BCUT2D eigenvalue weighted by Gasteiger charge is -2.43. The second kappa shape index (κ2) is 10.1. The summed E-state index contributed by atoms with van der Waals surface area (Å²) in [7, 11) is 2.07. The third-order valence-electron chi connectivity index (χ3n) is 6.62. The van der Waals surface area contributed by atoms with Crippen LogP contribution in [0.5, 0.6) is 5.75 Å². The smallest absolute Gasteiger partial charge is 0.276 e. The molecule has 2 aliphatic rings. The second-order valence-corrected chi connectivity index (χ2v) is 9.63. The van der Waals surface area contributed by atoms with Crippen molar-refractivity contribution in [2.45, 2.75) is 26.2 Å². The third-order valence-corrected chi connectivity index (χ3v) is 6.85. The lowest BCUT2D eigenvalue weighted by Crippen LogP contribution is -2.53. The van der Waals surface area contributed by atoms with Crippen molar-refractivity contribution in [3.8, 4) is 5.75 Å². The quantitative estimate of drug-likeness (QED) is 0.640. The topological polar surface area (TPSA) is 79.1 Å². The Balaban J connectivity index is 1.52. The molecule has 1 atom stereocenters. The molecule has 1 aromatic carbocycles. The van der Waals surface area contributed by atoms with Crippen LogP contribution in [0.4, 0.5) is 0 Å². The van der Waals surface area contributed by atoms with Gasteiger partial charge in [-0.25, -0.2) is 4.98 Å². The van der Waals surface area contributed by atoms with Crippen molar-refractivity contribution in [2.75, 3.05) is 52.9 Å². The van der Waals surface area contributed by atoms with Crippen LogP contribution in [0.1, 0.15) is 35.5 Å². The molecular formula is C24H31ClN4O4. The SMILES string of the molecule is Cc1ocnc1C(=O)N1CCCC(COc2cccc(Cl)c2)(CC(=O)N2CCN(C)CC2)C1. The summed E-state index contributed by atoms with van der Waals surface area (Å²) in [5.74, 6) is 1.11. The van der Waals surface area contributed by atoms with Gasteiger partial charge in [-0.15, -0.1) is 0 Å². The fraction of sp³-hybridized carbons (Fsp3) is 0.542. The molecule has 3 heterocycles. The molecule has 9 heteroatoms. The minimum Gasteiger partial charge on any atom is -0.493 e. The van der Waals surface area contributed by atoms with E-state index in [0.29, 0.717) is 48.3 Å². The van der Waals surface area contributed by atoms with Crippen LogP contribution < -0.4 is 4.74 Å². The van der Waals surface area contributed by atoms with E-state index < -0.39 is 5.41 Å². The summed E-state index contributed by atoms with van der Waals surface area (Å²) in [6, 6.07) is 7.25. The first-order valence-corrected chi connectivity index (χ1v) is 11.8. The molecule has 4 rings (SSSR count). The molecule has 33 heavy (non-hydrogen) atoms. The van der Waals surface area contributed by atoms with Gasteiger partial charge in [0.2, 0.25) is 5.91 Å². The van der Waals surface area contributed by atoms with Crippen molar-refractivity contribution >= 4 is 23.4 Å². The number of oxazole rings is 1. The summed E-state index contributed by atoms with van der Waals surface area (Å²) in [6.07, 6.45) is 3.21. The largest absolute Gasteiger partial charge is 0.493 e. The molecule has 0 bridgehead atoms. The van der Waals surface area contributed by atoms with Crippen LogP contribution >= 0.6 is 11.6 Å². The van der Waals surface area contributed by atoms with Gasteiger partial charge in [-0.05, 0) is 45.0 Å². The van der Waals surface area contributed by atoms with Gasteiger partial charge >= 0.3 is 0 Å². The number of aromatic nitrogens is 1. The van der Waals surface area contributed by atoms with Crippen molar-refractivity contribution in [1.29, 1.82) is 0 Å². The van der Waals surface area contributed by atoms with Gasteiger partial charge < -0.3 is 23.9 Å². The Hall–Kier alpha value is -2.58. The fourth-order valence-electron chi connectivity index (χ4n) is 4.64. The van der Waals surface area contributed by atoms with Gasteiger partial charge in [0.15, 0.2) is 12.1 Å². The minimum absolute atomic E-state index is 0.115. The molecule has 0 N–H and O–H groups in total. The van der Waals surface area contributed by atoms with E-state index in [1.807, 2.05) is 17.0 Å². The summed E-state index contributed by atoms with van der Waals surface area (Å²) < 4.78 is 11.4. The highest BCUT2D eigenvalue weighted by Crippen LogP contribution is 2.36. The van der Waals surface area contributed by atoms with Gasteiger partial charge in [0.1, 0.15) is 11.5 Å². The number of nitrogens with zero attached hydrogens (tertiary/aromatic N) is 4. The number of piperazine rings is 1. The number of amides is 2. The summed E-state index contributed by atoms with van der Waals surface area (Å²) in [5, 5.41) is 0.594. The summed E-state index contributed by atoms with van der Waals surface area (Å²) in [6.45, 7) is 6.29. The normalized spacial score (nSPS) is 21.8. The van der Waals surface area contributed by atoms with Crippen LogP contribution in [0, 0.1) is 12.3 Å². The number of carbonyl (C=O) groups excluding carboxylic acids is 2. The van der Waals surface area contributed by atoms with Gasteiger partial charge in [0.05, 0.1) is 6.61 Å². The third kappa shape index (κ3) is 5.68. The van der Waals surface area contributed by atoms with Gasteiger partial charge in [-0.2, -0.15) is 0 Å². The standard InChI is InChI=1S/C24H31ClN4O4/c1-18-22(26-17-33-18)23(31)29-8-4-7-24(15-29,16-32-20-6-3-5-19(25)13-20)14-21(30)28-11-9-27(2)10-12-28/h3,5-6,13,17H,4,7-12,14-16H2,1-2H3. The lowest BCUT2D eigenvalue weighted by atomic mass is 9.77. The molecule has 0 aliphatic carbocycles. The molecule has 0 radical (unpaired) electrons. The van der Waals surface area contributed by atoms with Crippen molar-refractivity contribution in [2.24, 2.45) is 5.41 Å². The molecule has 2 amide bonds. The lowest BCUT2D eigenvalue weighted by molar-refractivity contribution is -0.137. The van der Waals surface area contributed by atoms with Gasteiger partial charge in [0.25, 0.3) is 5.91 Å². The predicted octanol–water partition coefficient (Wildman–Crippen LogP) is 3.10. The highest BCUT2D eigenvalue weighted by Gasteiger charge is 2.42. The number of hydrogen-bond acceptors (Lipinski definition) is 6. The van der Waals surface area contributed by atoms with Crippen LogP contribution in [0.3, 0.4) is 0 Å². The number of ether oxygens (including phenoxy) is 1. The van der Waals surface area contributed by atoms with Crippen molar-refractivity contribution in [1.82, 2.24) is 19.7 Å². The average molecular weight is 475 g/mol. The molecule has 8 nitrogen and oxygen atoms in total. The summed E-state index contributed by atoms with van der Waals surface area (Å²) in [5.41, 5.74) is -0.166. The summed E-state index contributed by atoms with van der Waals surface area (Å²) in [4.78, 5) is 36.5. The Bertz CT molecular complexity index is 988. The molecular weight excluding hydrogens is 444 g/mol. The molecule has 2 saturated heterocycles. The monoisotopic (exact) mass is 474 g/mol. The molecule has 2 aromatic rings. The van der Waals surface area contributed by atoms with E-state index in [4.69, 9.17) is 20.8 Å². The number of carbonyl (C=O) groups is 2. The van der Waals surface area contributed by atoms with E-state index in [2.05, 4.69) is 16.9 Å². The van der Waals surface area contributed by atoms with Crippen molar-refractivity contribution in [3.05, 3.63) is 47.1 Å². The molecule has 0 saturated carbocycles. The van der Waals surface area contributed by atoms with E-state index in [1.54, 1.807) is 24.0 Å². The number of benzene rings is 1. The maximum atomic E-state index is 13.3. The zero-order chi connectivity index (χ0) is 23.4. The van der Waals surface area contributed by atoms with Crippen LogP contribution in [-0.2, 0) is 4.79 Å². The number of hydrogen-bond donors (Lipinski definition) is 0. The number of aryl methyl sites for hydroxylation is 1. The Morgan fingerprint density at radius 3 is 2.67 bits per heavy atom. The van der Waals surface area contributed by atoms with E-state index in [1.165, 1.54) is 6.39 Å². The van der Waals surface area contributed by atoms with E-state index in [-0.39, 0.29) is 11.8 Å². The molecule has 1 aromatic heterocycles. The van der Waals surface area contributed by atoms with Gasteiger partial charge in [-0.3, -0.25) is 9.59 Å². The fourth-order valence-corrected chi connectivity index (χ4v) is 4.82. The van der Waals surface area contributed by atoms with Crippen molar-refractivity contribution < 1.29 is 18.7 Å². The molecule has 0 spiro atoms. The van der Waals surface area contributed by atoms with Gasteiger partial charge in [-0.1, -0.05) is 17.7 Å². The first-order chi connectivity index (χ1) is 15.8. The first kappa shape index (κ1) is 23.6. The molecule has 1 unspecified atom stereocenters. The molecule has 2 aliphatic heterocycles. The molecule has 2 fully saturated rings. The highest BCUT2D eigenvalue weighted by molar-refractivity contribution is 6.30. The Kier molecular flexibility index (Phi) is 7.24. The number of rotatable bonds is 6. The number of piperidine rings is 1. The number of halogens is 1. The van der Waals surface area contributed by atoms with Crippen LogP contribution in [0.15, 0.2) is 35.1 Å². The van der Waals surface area contributed by atoms with E-state index in [0.717, 1.165) is 39.0 Å². The number of likely N-dealkylation sites (N-methyl/N-ethyl adjacent to an activating group) is 1. The van der Waals surface area contributed by atoms with Crippen LogP contribution in [0.25, 0.3) is 0 Å². The highest BCUT2D eigenvalue weighted by atomic mass is 35.5. The number of likely N-dealkylation sites (tertiary alicyclic amines) is 1. The Morgan fingerprint density at radius 1 is 1.18 bits per heavy atom. The van der Waals surface area contributed by atoms with Crippen LogP contribution in [-0.4, -0.2) is 84.4 Å².